The fourth-order valence-corrected chi connectivity index (χ4v) is 1.87. The lowest BCUT2D eigenvalue weighted by atomic mass is 9.99. The Hall–Kier alpha value is 0.500. The summed E-state index contributed by atoms with van der Waals surface area (Å²) in [5.74, 6) is 0. The zero-order valence-corrected chi connectivity index (χ0v) is 9.51. The summed E-state index contributed by atoms with van der Waals surface area (Å²) in [6.45, 7) is 1.05. The van der Waals surface area contributed by atoms with Crippen LogP contribution < -0.4 is 5.73 Å². The summed E-state index contributed by atoms with van der Waals surface area (Å²) in [6, 6.07) is 0. The van der Waals surface area contributed by atoms with Crippen LogP contribution >= 0.6 is 24.8 Å². The summed E-state index contributed by atoms with van der Waals surface area (Å²) >= 11 is 0. The van der Waals surface area contributed by atoms with Crippen molar-refractivity contribution in [3.8, 4) is 0 Å². The van der Waals surface area contributed by atoms with E-state index in [0.29, 0.717) is 0 Å². The summed E-state index contributed by atoms with van der Waals surface area (Å²) in [4.78, 5) is 2.19. The van der Waals surface area contributed by atoms with E-state index in [4.69, 9.17) is 5.73 Å². The molecule has 0 atom stereocenters. The van der Waals surface area contributed by atoms with Crippen LogP contribution in [-0.2, 0) is 0 Å². The van der Waals surface area contributed by atoms with Crippen molar-refractivity contribution < 1.29 is 0 Å². The van der Waals surface area contributed by atoms with Gasteiger partial charge >= 0.3 is 0 Å². The molecule has 1 saturated carbocycles. The average Bonchev–Trinajstić information content (AvgIpc) is 2.12. The highest BCUT2D eigenvalue weighted by Gasteiger charge is 2.29. The van der Waals surface area contributed by atoms with E-state index in [2.05, 4.69) is 19.0 Å². The summed E-state index contributed by atoms with van der Waals surface area (Å²) in [5, 5.41) is 0. The molecule has 1 aliphatic carbocycles. The average molecular weight is 215 g/mol. The van der Waals surface area contributed by atoms with Crippen LogP contribution in [0.15, 0.2) is 0 Å². The molecule has 76 valence electrons. The van der Waals surface area contributed by atoms with Crippen molar-refractivity contribution in [2.45, 2.75) is 31.2 Å². The number of hydrogen-bond acceptors (Lipinski definition) is 2. The Labute approximate surface area is 87.7 Å². The minimum absolute atomic E-state index is 0. The van der Waals surface area contributed by atoms with Gasteiger partial charge in [-0.3, -0.25) is 0 Å². The second kappa shape index (κ2) is 6.03. The van der Waals surface area contributed by atoms with Crippen LogP contribution in [0.3, 0.4) is 0 Å². The molecule has 1 fully saturated rings. The third-order valence-corrected chi connectivity index (χ3v) is 2.23. The Morgan fingerprint density at radius 1 is 1.17 bits per heavy atom. The van der Waals surface area contributed by atoms with Crippen molar-refractivity contribution >= 4 is 24.8 Å². The lowest BCUT2D eigenvalue weighted by Crippen LogP contribution is -2.45. The standard InChI is InChI=1S/C8H18N2.2ClH/c1-10(2)7-8(9)5-3-4-6-8;;/h3-7,9H2,1-2H3;2*1H. The van der Waals surface area contributed by atoms with Crippen LogP contribution in [0.5, 0.6) is 0 Å². The number of hydrogen-bond donors (Lipinski definition) is 1. The van der Waals surface area contributed by atoms with Crippen LogP contribution in [0.2, 0.25) is 0 Å². The predicted molar refractivity (Wildman–Crippen MR) is 58.4 cm³/mol. The first-order valence-electron chi connectivity index (χ1n) is 4.06. The van der Waals surface area contributed by atoms with E-state index in [1.165, 1.54) is 25.7 Å². The van der Waals surface area contributed by atoms with Gasteiger partial charge in [0.15, 0.2) is 0 Å². The highest BCUT2D eigenvalue weighted by atomic mass is 35.5. The maximum atomic E-state index is 6.12. The van der Waals surface area contributed by atoms with Crippen molar-refractivity contribution in [1.82, 2.24) is 4.90 Å². The maximum Gasteiger partial charge on any atom is 0.0283 e. The predicted octanol–water partition coefficient (Wildman–Crippen LogP) is 1.66. The SMILES string of the molecule is CN(C)CC1(N)CCCC1.Cl.Cl. The largest absolute Gasteiger partial charge is 0.324 e. The van der Waals surface area contributed by atoms with Crippen LogP contribution in [0.4, 0.5) is 0 Å². The van der Waals surface area contributed by atoms with E-state index >= 15 is 0 Å². The fraction of sp³-hybridized carbons (Fsp3) is 1.00. The van der Waals surface area contributed by atoms with Gasteiger partial charge in [0.1, 0.15) is 0 Å². The maximum absolute atomic E-state index is 6.12. The number of rotatable bonds is 2. The van der Waals surface area contributed by atoms with Crippen molar-refractivity contribution in [2.24, 2.45) is 5.73 Å². The van der Waals surface area contributed by atoms with Gasteiger partial charge in [0.25, 0.3) is 0 Å². The molecule has 0 unspecified atom stereocenters. The van der Waals surface area contributed by atoms with E-state index in [9.17, 15) is 0 Å². The van der Waals surface area contributed by atoms with Crippen LogP contribution in [0, 0.1) is 0 Å². The van der Waals surface area contributed by atoms with Gasteiger partial charge in [-0.1, -0.05) is 12.8 Å². The van der Waals surface area contributed by atoms with Gasteiger partial charge in [-0.05, 0) is 26.9 Å². The summed E-state index contributed by atoms with van der Waals surface area (Å²) < 4.78 is 0. The second-order valence-electron chi connectivity index (χ2n) is 3.81. The topological polar surface area (TPSA) is 29.3 Å². The molecular weight excluding hydrogens is 195 g/mol. The molecule has 0 saturated heterocycles. The number of likely N-dealkylation sites (N-methyl/N-ethyl adjacent to an activating group) is 1. The molecule has 0 amide bonds. The Balaban J connectivity index is 0. The van der Waals surface area contributed by atoms with Gasteiger partial charge in [0.2, 0.25) is 0 Å². The molecule has 0 heterocycles. The van der Waals surface area contributed by atoms with E-state index in [1.54, 1.807) is 0 Å². The quantitative estimate of drug-likeness (QED) is 0.759. The first-order chi connectivity index (χ1) is 4.62. The van der Waals surface area contributed by atoms with E-state index in [1.807, 2.05) is 0 Å². The Morgan fingerprint density at radius 3 is 1.92 bits per heavy atom. The van der Waals surface area contributed by atoms with Gasteiger partial charge in [-0.2, -0.15) is 0 Å². The number of nitrogens with zero attached hydrogens (tertiary/aromatic N) is 1. The monoisotopic (exact) mass is 214 g/mol. The summed E-state index contributed by atoms with van der Waals surface area (Å²) in [7, 11) is 4.18. The third kappa shape index (κ3) is 4.51. The fourth-order valence-electron chi connectivity index (χ4n) is 1.87. The van der Waals surface area contributed by atoms with Gasteiger partial charge < -0.3 is 10.6 Å². The molecule has 1 rings (SSSR count). The van der Waals surface area contributed by atoms with Crippen molar-refractivity contribution in [2.75, 3.05) is 20.6 Å². The van der Waals surface area contributed by atoms with Crippen LogP contribution in [-0.4, -0.2) is 31.1 Å². The zero-order valence-electron chi connectivity index (χ0n) is 7.88. The van der Waals surface area contributed by atoms with E-state index < -0.39 is 0 Å². The molecule has 0 spiro atoms. The molecule has 0 bridgehead atoms. The van der Waals surface area contributed by atoms with Crippen LogP contribution in [0.1, 0.15) is 25.7 Å². The van der Waals surface area contributed by atoms with Gasteiger partial charge in [0.05, 0.1) is 0 Å². The Bertz CT molecular complexity index is 112. The molecular formula is C8H20Cl2N2. The molecule has 12 heavy (non-hydrogen) atoms. The highest BCUT2D eigenvalue weighted by molar-refractivity contribution is 5.85. The molecule has 0 aromatic heterocycles. The van der Waals surface area contributed by atoms with Gasteiger partial charge in [-0.15, -0.1) is 24.8 Å². The van der Waals surface area contributed by atoms with Crippen molar-refractivity contribution in [3.63, 3.8) is 0 Å². The lowest BCUT2D eigenvalue weighted by Gasteiger charge is -2.27. The van der Waals surface area contributed by atoms with E-state index in [-0.39, 0.29) is 30.4 Å². The van der Waals surface area contributed by atoms with Gasteiger partial charge in [0, 0.05) is 12.1 Å². The smallest absolute Gasteiger partial charge is 0.0283 e. The summed E-state index contributed by atoms with van der Waals surface area (Å²) in [6.07, 6.45) is 5.07. The molecule has 0 radical (unpaired) electrons. The molecule has 4 heteroatoms. The lowest BCUT2D eigenvalue weighted by molar-refractivity contribution is 0.287. The van der Waals surface area contributed by atoms with Crippen molar-refractivity contribution in [1.29, 1.82) is 0 Å². The molecule has 0 aromatic carbocycles. The third-order valence-electron chi connectivity index (χ3n) is 2.23. The normalized spacial score (nSPS) is 20.0. The molecule has 0 aliphatic heterocycles. The minimum Gasteiger partial charge on any atom is -0.324 e. The second-order valence-corrected chi connectivity index (χ2v) is 3.81. The van der Waals surface area contributed by atoms with Crippen molar-refractivity contribution in [3.05, 3.63) is 0 Å². The Morgan fingerprint density at radius 2 is 1.58 bits per heavy atom. The number of halogens is 2. The molecule has 2 N–H and O–H groups in total. The first-order valence-corrected chi connectivity index (χ1v) is 4.06. The first kappa shape index (κ1) is 15.0. The molecule has 1 aliphatic rings. The molecule has 2 nitrogen and oxygen atoms in total. The summed E-state index contributed by atoms with van der Waals surface area (Å²) in [5.41, 5.74) is 6.26. The number of nitrogens with two attached hydrogens (primary N) is 1. The molecule has 0 aromatic rings. The van der Waals surface area contributed by atoms with Crippen LogP contribution in [0.25, 0.3) is 0 Å². The zero-order chi connectivity index (χ0) is 7.61. The van der Waals surface area contributed by atoms with E-state index in [0.717, 1.165) is 6.54 Å². The minimum atomic E-state index is 0. The Kier molecular flexibility index (Phi) is 7.54. The van der Waals surface area contributed by atoms with Gasteiger partial charge in [-0.25, -0.2) is 0 Å². The highest BCUT2D eigenvalue weighted by Crippen LogP contribution is 2.27.